The molecule has 0 saturated heterocycles. The normalized spacial score (nSPS) is 10.2. The number of nitriles is 1. The first-order valence-electron chi connectivity index (χ1n) is 6.93. The van der Waals surface area contributed by atoms with Crippen LogP contribution < -0.4 is 10.6 Å². The summed E-state index contributed by atoms with van der Waals surface area (Å²) in [5.74, 6) is 0.717. The highest BCUT2D eigenvalue weighted by Gasteiger charge is 2.07. The van der Waals surface area contributed by atoms with Gasteiger partial charge in [-0.25, -0.2) is 14.6 Å². The summed E-state index contributed by atoms with van der Waals surface area (Å²) < 4.78 is 3.17. The third kappa shape index (κ3) is 3.53. The van der Waals surface area contributed by atoms with Gasteiger partial charge in [0.05, 0.1) is 36.0 Å². The minimum Gasteiger partial charge on any atom is -0.338 e. The lowest BCUT2D eigenvalue weighted by molar-refractivity contribution is -0.115. The number of aryl methyl sites for hydroxylation is 1. The Labute approximate surface area is 136 Å². The fraction of sp³-hybridized carbons (Fsp3) is 0.143. The monoisotopic (exact) mass is 323 g/mol. The Balaban J connectivity index is 1.75. The van der Waals surface area contributed by atoms with E-state index in [0.29, 0.717) is 17.3 Å². The SMILES string of the molecule is Cn1cc(Nc2cc(-n3cc(NC(=O)CC#N)cn3)ncn2)cn1. The zero-order valence-corrected chi connectivity index (χ0v) is 12.7. The maximum absolute atomic E-state index is 11.4. The summed E-state index contributed by atoms with van der Waals surface area (Å²) in [4.78, 5) is 19.7. The van der Waals surface area contributed by atoms with Crippen molar-refractivity contribution in [3.8, 4) is 11.9 Å². The fourth-order valence-corrected chi connectivity index (χ4v) is 1.96. The molecule has 3 heterocycles. The molecule has 0 unspecified atom stereocenters. The molecule has 0 aliphatic carbocycles. The van der Waals surface area contributed by atoms with Crippen molar-refractivity contribution in [1.82, 2.24) is 29.5 Å². The van der Waals surface area contributed by atoms with Gasteiger partial charge in [0.25, 0.3) is 0 Å². The highest BCUT2D eigenvalue weighted by Crippen LogP contribution is 2.16. The predicted octanol–water partition coefficient (Wildman–Crippen LogP) is 0.992. The molecule has 10 nitrogen and oxygen atoms in total. The van der Waals surface area contributed by atoms with Gasteiger partial charge in [0.15, 0.2) is 5.82 Å². The smallest absolute Gasteiger partial charge is 0.238 e. The van der Waals surface area contributed by atoms with Crippen LogP contribution in [0.15, 0.2) is 37.2 Å². The summed E-state index contributed by atoms with van der Waals surface area (Å²) >= 11 is 0. The molecule has 3 aromatic rings. The van der Waals surface area contributed by atoms with Crippen LogP contribution in [-0.4, -0.2) is 35.4 Å². The molecule has 0 spiro atoms. The summed E-state index contributed by atoms with van der Waals surface area (Å²) in [6.45, 7) is 0. The second kappa shape index (κ2) is 6.57. The molecule has 0 saturated carbocycles. The number of nitrogens with one attached hydrogen (secondary N) is 2. The molecule has 1 amide bonds. The van der Waals surface area contributed by atoms with Gasteiger partial charge in [0.2, 0.25) is 5.91 Å². The first-order chi connectivity index (χ1) is 11.6. The van der Waals surface area contributed by atoms with Gasteiger partial charge >= 0.3 is 0 Å². The Bertz CT molecular complexity index is 905. The Morgan fingerprint density at radius 3 is 2.83 bits per heavy atom. The fourth-order valence-electron chi connectivity index (χ4n) is 1.96. The zero-order chi connectivity index (χ0) is 16.9. The van der Waals surface area contributed by atoms with Gasteiger partial charge in [-0.05, 0) is 0 Å². The molecule has 24 heavy (non-hydrogen) atoms. The lowest BCUT2D eigenvalue weighted by Crippen LogP contribution is -2.09. The first kappa shape index (κ1) is 15.2. The number of rotatable bonds is 5. The van der Waals surface area contributed by atoms with E-state index in [0.717, 1.165) is 5.69 Å². The molecule has 0 radical (unpaired) electrons. The molecule has 0 atom stereocenters. The second-order valence-electron chi connectivity index (χ2n) is 4.85. The largest absolute Gasteiger partial charge is 0.338 e. The van der Waals surface area contributed by atoms with Crippen LogP contribution in [0.4, 0.5) is 17.2 Å². The highest BCUT2D eigenvalue weighted by atomic mass is 16.1. The van der Waals surface area contributed by atoms with Crippen LogP contribution in [-0.2, 0) is 11.8 Å². The molecule has 120 valence electrons. The Morgan fingerprint density at radius 2 is 2.08 bits per heavy atom. The molecule has 0 fully saturated rings. The van der Waals surface area contributed by atoms with E-state index in [4.69, 9.17) is 5.26 Å². The van der Waals surface area contributed by atoms with E-state index in [1.165, 1.54) is 17.2 Å². The van der Waals surface area contributed by atoms with E-state index in [1.807, 2.05) is 13.2 Å². The van der Waals surface area contributed by atoms with Gasteiger partial charge in [-0.3, -0.25) is 9.48 Å². The predicted molar refractivity (Wildman–Crippen MR) is 84.5 cm³/mol. The zero-order valence-electron chi connectivity index (χ0n) is 12.7. The number of carbonyl (C=O) groups is 1. The third-order valence-electron chi connectivity index (χ3n) is 2.97. The van der Waals surface area contributed by atoms with Crippen molar-refractivity contribution in [2.75, 3.05) is 10.6 Å². The lowest BCUT2D eigenvalue weighted by atomic mass is 10.4. The topological polar surface area (TPSA) is 126 Å². The maximum atomic E-state index is 11.4. The number of anilines is 3. The molecule has 2 N–H and O–H groups in total. The van der Waals surface area contributed by atoms with Crippen LogP contribution in [0.25, 0.3) is 5.82 Å². The number of hydrogen-bond donors (Lipinski definition) is 2. The van der Waals surface area contributed by atoms with E-state index in [1.54, 1.807) is 29.2 Å². The van der Waals surface area contributed by atoms with Crippen molar-refractivity contribution in [3.63, 3.8) is 0 Å². The summed E-state index contributed by atoms with van der Waals surface area (Å²) in [6.07, 6.45) is 7.77. The Morgan fingerprint density at radius 1 is 1.25 bits per heavy atom. The average molecular weight is 323 g/mol. The summed E-state index contributed by atoms with van der Waals surface area (Å²) in [6, 6.07) is 3.49. The molecule has 10 heteroatoms. The second-order valence-corrected chi connectivity index (χ2v) is 4.85. The number of carbonyl (C=O) groups excluding carboxylic acids is 1. The molecular formula is C14H13N9O. The van der Waals surface area contributed by atoms with Crippen molar-refractivity contribution in [1.29, 1.82) is 5.26 Å². The van der Waals surface area contributed by atoms with Crippen molar-refractivity contribution < 1.29 is 4.79 Å². The van der Waals surface area contributed by atoms with Crippen molar-refractivity contribution >= 4 is 23.1 Å². The molecule has 3 rings (SSSR count). The van der Waals surface area contributed by atoms with Gasteiger partial charge in [-0.15, -0.1) is 0 Å². The van der Waals surface area contributed by atoms with E-state index >= 15 is 0 Å². The van der Waals surface area contributed by atoms with Crippen LogP contribution >= 0.6 is 0 Å². The average Bonchev–Trinajstić information content (AvgIpc) is 3.17. The van der Waals surface area contributed by atoms with Crippen LogP contribution in [0.3, 0.4) is 0 Å². The van der Waals surface area contributed by atoms with Crippen LogP contribution in [0, 0.1) is 11.3 Å². The van der Waals surface area contributed by atoms with Gasteiger partial charge in [-0.2, -0.15) is 15.5 Å². The van der Waals surface area contributed by atoms with Crippen LogP contribution in [0.5, 0.6) is 0 Å². The Hall–Kier alpha value is -3.74. The van der Waals surface area contributed by atoms with Gasteiger partial charge < -0.3 is 10.6 Å². The molecule has 3 aromatic heterocycles. The van der Waals surface area contributed by atoms with Gasteiger partial charge in [0, 0.05) is 19.3 Å². The molecule has 0 aliphatic heterocycles. The van der Waals surface area contributed by atoms with E-state index < -0.39 is 5.91 Å². The van der Waals surface area contributed by atoms with E-state index in [9.17, 15) is 4.79 Å². The van der Waals surface area contributed by atoms with E-state index in [-0.39, 0.29) is 6.42 Å². The van der Waals surface area contributed by atoms with Crippen molar-refractivity contribution in [2.45, 2.75) is 6.42 Å². The first-order valence-corrected chi connectivity index (χ1v) is 6.93. The summed E-state index contributed by atoms with van der Waals surface area (Å²) in [5, 5.41) is 22.4. The summed E-state index contributed by atoms with van der Waals surface area (Å²) in [5.41, 5.74) is 1.28. The van der Waals surface area contributed by atoms with Gasteiger partial charge in [0.1, 0.15) is 18.6 Å². The molecule has 0 aromatic carbocycles. The third-order valence-corrected chi connectivity index (χ3v) is 2.97. The highest BCUT2D eigenvalue weighted by molar-refractivity contribution is 5.91. The lowest BCUT2D eigenvalue weighted by Gasteiger charge is -2.04. The number of nitrogens with zero attached hydrogens (tertiary/aromatic N) is 7. The molecule has 0 bridgehead atoms. The molecular weight excluding hydrogens is 310 g/mol. The van der Waals surface area contributed by atoms with Crippen LogP contribution in [0.2, 0.25) is 0 Å². The van der Waals surface area contributed by atoms with E-state index in [2.05, 4.69) is 30.8 Å². The minimum atomic E-state index is -0.390. The quantitative estimate of drug-likeness (QED) is 0.717. The van der Waals surface area contributed by atoms with Crippen molar-refractivity contribution in [2.24, 2.45) is 7.05 Å². The Kier molecular flexibility index (Phi) is 4.15. The minimum absolute atomic E-state index is 0.210. The number of hydrogen-bond acceptors (Lipinski definition) is 7. The number of amides is 1. The molecule has 0 aliphatic rings. The van der Waals surface area contributed by atoms with Crippen molar-refractivity contribution in [3.05, 3.63) is 37.2 Å². The van der Waals surface area contributed by atoms with Gasteiger partial charge in [-0.1, -0.05) is 0 Å². The summed E-state index contributed by atoms with van der Waals surface area (Å²) in [7, 11) is 1.82. The van der Waals surface area contributed by atoms with Crippen LogP contribution in [0.1, 0.15) is 6.42 Å². The standard InChI is InChI=1S/C14H13N9O/c1-22-7-10(5-18-22)20-12-4-13(17-9-16-12)23-8-11(6-19-23)21-14(24)2-3-15/h4-9H,2H2,1H3,(H,21,24)(H,16,17,20). The maximum Gasteiger partial charge on any atom is 0.238 e. The number of aromatic nitrogens is 6.